The lowest BCUT2D eigenvalue weighted by atomic mass is 9.88. The van der Waals surface area contributed by atoms with Crippen molar-refractivity contribution in [3.8, 4) is 0 Å². The second-order valence-electron chi connectivity index (χ2n) is 4.42. The van der Waals surface area contributed by atoms with Gasteiger partial charge in [-0.1, -0.05) is 0 Å². The molecule has 0 aromatic carbocycles. The van der Waals surface area contributed by atoms with Crippen molar-refractivity contribution in [1.29, 1.82) is 0 Å². The lowest BCUT2D eigenvalue weighted by Gasteiger charge is -2.34. The SMILES string of the molecule is FC(F)c1ccnc2c1CCOC21CCOC1. The van der Waals surface area contributed by atoms with Gasteiger partial charge in [0.25, 0.3) is 6.43 Å². The molecule has 1 unspecified atom stereocenters. The highest BCUT2D eigenvalue weighted by Crippen LogP contribution is 2.40. The minimum absolute atomic E-state index is 0.0876. The molecule has 0 bridgehead atoms. The Morgan fingerprint density at radius 2 is 2.24 bits per heavy atom. The Kier molecular flexibility index (Phi) is 2.60. The van der Waals surface area contributed by atoms with Gasteiger partial charge in [-0.05, 0) is 18.1 Å². The molecule has 17 heavy (non-hydrogen) atoms. The molecule has 5 heteroatoms. The fraction of sp³-hybridized carbons (Fsp3) is 0.583. The average molecular weight is 241 g/mol. The normalized spacial score (nSPS) is 27.7. The summed E-state index contributed by atoms with van der Waals surface area (Å²) in [5, 5.41) is 0. The Labute approximate surface area is 97.8 Å². The molecule has 2 aliphatic heterocycles. The molecule has 1 atom stereocenters. The summed E-state index contributed by atoms with van der Waals surface area (Å²) in [4.78, 5) is 4.26. The third kappa shape index (κ3) is 1.65. The molecule has 2 aliphatic rings. The molecule has 3 rings (SSSR count). The zero-order chi connectivity index (χ0) is 11.9. The van der Waals surface area contributed by atoms with Crippen molar-refractivity contribution in [2.75, 3.05) is 19.8 Å². The lowest BCUT2D eigenvalue weighted by molar-refractivity contribution is -0.0671. The fourth-order valence-electron chi connectivity index (χ4n) is 2.63. The van der Waals surface area contributed by atoms with Crippen LogP contribution in [0, 0.1) is 0 Å². The summed E-state index contributed by atoms with van der Waals surface area (Å²) in [7, 11) is 0. The van der Waals surface area contributed by atoms with Crippen molar-refractivity contribution >= 4 is 0 Å². The van der Waals surface area contributed by atoms with E-state index in [2.05, 4.69) is 4.98 Å². The van der Waals surface area contributed by atoms with Gasteiger partial charge in [-0.2, -0.15) is 0 Å². The Morgan fingerprint density at radius 1 is 1.35 bits per heavy atom. The number of ether oxygens (including phenoxy) is 2. The molecule has 1 spiro atoms. The van der Waals surface area contributed by atoms with Gasteiger partial charge in [0.2, 0.25) is 0 Å². The number of hydrogen-bond acceptors (Lipinski definition) is 3. The van der Waals surface area contributed by atoms with Crippen LogP contribution in [0.1, 0.15) is 29.7 Å². The van der Waals surface area contributed by atoms with E-state index in [1.807, 2.05) is 0 Å². The van der Waals surface area contributed by atoms with Crippen LogP contribution in [0.2, 0.25) is 0 Å². The van der Waals surface area contributed by atoms with Crippen molar-refractivity contribution in [3.63, 3.8) is 0 Å². The summed E-state index contributed by atoms with van der Waals surface area (Å²) >= 11 is 0. The summed E-state index contributed by atoms with van der Waals surface area (Å²) in [6, 6.07) is 1.40. The summed E-state index contributed by atoms with van der Waals surface area (Å²) in [5.74, 6) is 0. The standard InChI is InChI=1S/C12H13F2NO2/c13-11(14)9-1-4-15-10-8(9)2-5-17-12(10)3-6-16-7-12/h1,4,11H,2-3,5-7H2. The number of pyridine rings is 1. The van der Waals surface area contributed by atoms with E-state index < -0.39 is 12.0 Å². The number of alkyl halides is 2. The van der Waals surface area contributed by atoms with Crippen LogP contribution in [0.4, 0.5) is 8.78 Å². The minimum Gasteiger partial charge on any atom is -0.378 e. The van der Waals surface area contributed by atoms with Crippen molar-refractivity contribution in [1.82, 2.24) is 4.98 Å². The summed E-state index contributed by atoms with van der Waals surface area (Å²) < 4.78 is 37.0. The fourth-order valence-corrected chi connectivity index (χ4v) is 2.63. The Morgan fingerprint density at radius 3 is 2.94 bits per heavy atom. The zero-order valence-electron chi connectivity index (χ0n) is 9.29. The molecule has 0 saturated carbocycles. The molecule has 92 valence electrons. The van der Waals surface area contributed by atoms with E-state index >= 15 is 0 Å². The molecule has 3 nitrogen and oxygen atoms in total. The van der Waals surface area contributed by atoms with Crippen molar-refractivity contribution in [2.45, 2.75) is 24.9 Å². The zero-order valence-corrected chi connectivity index (χ0v) is 9.29. The molecular weight excluding hydrogens is 228 g/mol. The van der Waals surface area contributed by atoms with Gasteiger partial charge >= 0.3 is 0 Å². The third-order valence-corrected chi connectivity index (χ3v) is 3.47. The van der Waals surface area contributed by atoms with E-state index in [4.69, 9.17) is 9.47 Å². The quantitative estimate of drug-likeness (QED) is 0.755. The van der Waals surface area contributed by atoms with Crippen LogP contribution < -0.4 is 0 Å². The molecule has 0 radical (unpaired) electrons. The summed E-state index contributed by atoms with van der Waals surface area (Å²) in [5.41, 5.74) is 0.807. The molecule has 0 amide bonds. The van der Waals surface area contributed by atoms with E-state index in [0.717, 1.165) is 0 Å². The molecule has 0 aliphatic carbocycles. The van der Waals surface area contributed by atoms with Crippen LogP contribution in [0.5, 0.6) is 0 Å². The topological polar surface area (TPSA) is 31.4 Å². The highest BCUT2D eigenvalue weighted by molar-refractivity contribution is 5.36. The van der Waals surface area contributed by atoms with Gasteiger partial charge in [-0.15, -0.1) is 0 Å². The second-order valence-corrected chi connectivity index (χ2v) is 4.42. The van der Waals surface area contributed by atoms with E-state index in [9.17, 15) is 8.78 Å². The highest BCUT2D eigenvalue weighted by Gasteiger charge is 2.44. The molecule has 1 aromatic heterocycles. The Hall–Kier alpha value is -1.07. The summed E-state index contributed by atoms with van der Waals surface area (Å²) in [6.07, 6.45) is 0.184. The molecule has 1 saturated heterocycles. The predicted molar refractivity (Wildman–Crippen MR) is 56.0 cm³/mol. The smallest absolute Gasteiger partial charge is 0.264 e. The van der Waals surface area contributed by atoms with Gasteiger partial charge in [0.1, 0.15) is 5.60 Å². The molecule has 0 N–H and O–H groups in total. The van der Waals surface area contributed by atoms with E-state index in [1.165, 1.54) is 12.3 Å². The highest BCUT2D eigenvalue weighted by atomic mass is 19.3. The molecule has 1 fully saturated rings. The largest absolute Gasteiger partial charge is 0.378 e. The van der Waals surface area contributed by atoms with Gasteiger partial charge < -0.3 is 9.47 Å². The first-order valence-corrected chi connectivity index (χ1v) is 5.71. The van der Waals surface area contributed by atoms with E-state index in [-0.39, 0.29) is 5.56 Å². The van der Waals surface area contributed by atoms with Gasteiger partial charge in [-0.3, -0.25) is 4.98 Å². The van der Waals surface area contributed by atoms with Gasteiger partial charge in [0, 0.05) is 24.8 Å². The number of nitrogens with zero attached hydrogens (tertiary/aromatic N) is 1. The molecule has 3 heterocycles. The van der Waals surface area contributed by atoms with Gasteiger partial charge in [0.15, 0.2) is 0 Å². The van der Waals surface area contributed by atoms with Crippen LogP contribution >= 0.6 is 0 Å². The number of halogens is 2. The molecule has 1 aromatic rings. The van der Waals surface area contributed by atoms with E-state index in [0.29, 0.717) is 43.9 Å². The first kappa shape index (κ1) is 11.0. The predicted octanol–water partition coefficient (Wildman–Crippen LogP) is 2.21. The number of rotatable bonds is 1. The molecular formula is C12H13F2NO2. The van der Waals surface area contributed by atoms with Crippen LogP contribution in [-0.2, 0) is 21.5 Å². The minimum atomic E-state index is -2.45. The van der Waals surface area contributed by atoms with Crippen LogP contribution in [0.15, 0.2) is 12.3 Å². The van der Waals surface area contributed by atoms with Crippen LogP contribution in [0.3, 0.4) is 0 Å². The Bertz CT molecular complexity index is 431. The maximum atomic E-state index is 12.9. The maximum Gasteiger partial charge on any atom is 0.264 e. The number of aromatic nitrogens is 1. The second kappa shape index (κ2) is 3.99. The van der Waals surface area contributed by atoms with Gasteiger partial charge in [0.05, 0.1) is 18.9 Å². The first-order chi connectivity index (χ1) is 8.23. The van der Waals surface area contributed by atoms with Crippen molar-refractivity contribution < 1.29 is 18.3 Å². The average Bonchev–Trinajstić information content (AvgIpc) is 2.78. The number of fused-ring (bicyclic) bond motifs is 2. The monoisotopic (exact) mass is 241 g/mol. The van der Waals surface area contributed by atoms with Crippen LogP contribution in [0.25, 0.3) is 0 Å². The van der Waals surface area contributed by atoms with Gasteiger partial charge in [-0.25, -0.2) is 8.78 Å². The first-order valence-electron chi connectivity index (χ1n) is 5.71. The third-order valence-electron chi connectivity index (χ3n) is 3.47. The van der Waals surface area contributed by atoms with Crippen molar-refractivity contribution in [3.05, 3.63) is 29.1 Å². The van der Waals surface area contributed by atoms with Crippen LogP contribution in [-0.4, -0.2) is 24.8 Å². The number of hydrogen-bond donors (Lipinski definition) is 0. The van der Waals surface area contributed by atoms with E-state index in [1.54, 1.807) is 0 Å². The van der Waals surface area contributed by atoms with Crippen molar-refractivity contribution in [2.24, 2.45) is 0 Å². The lowest BCUT2D eigenvalue weighted by Crippen LogP contribution is -2.37. The maximum absolute atomic E-state index is 12.9. The summed E-state index contributed by atoms with van der Waals surface area (Å²) in [6.45, 7) is 1.47. The Balaban J connectivity index is 2.12.